The molecule has 1 unspecified atom stereocenters. The van der Waals surface area contributed by atoms with Gasteiger partial charge in [-0.05, 0) is 37.6 Å². The summed E-state index contributed by atoms with van der Waals surface area (Å²) in [6.45, 7) is 4.35. The van der Waals surface area contributed by atoms with Crippen LogP contribution in [0.1, 0.15) is 33.5 Å². The van der Waals surface area contributed by atoms with Crippen molar-refractivity contribution in [3.05, 3.63) is 81.8 Å². The summed E-state index contributed by atoms with van der Waals surface area (Å²) in [7, 11) is 0. The number of rotatable bonds is 8. The zero-order valence-electron chi connectivity index (χ0n) is 16.3. The van der Waals surface area contributed by atoms with E-state index in [0.29, 0.717) is 24.5 Å². The molecule has 7 heteroatoms. The lowest BCUT2D eigenvalue weighted by Gasteiger charge is -2.14. The van der Waals surface area contributed by atoms with Crippen molar-refractivity contribution < 1.29 is 14.3 Å². The first-order valence-electron chi connectivity index (χ1n) is 9.27. The molecule has 1 heterocycles. The van der Waals surface area contributed by atoms with E-state index in [1.165, 1.54) is 0 Å². The number of nitrogens with zero attached hydrogens (tertiary/aromatic N) is 1. The predicted molar refractivity (Wildman–Crippen MR) is 113 cm³/mol. The number of carbonyl (C=O) groups is 2. The molecule has 0 saturated heterocycles. The van der Waals surface area contributed by atoms with Crippen LogP contribution in [0.5, 0.6) is 5.75 Å². The Morgan fingerprint density at radius 3 is 2.66 bits per heavy atom. The molecule has 3 aromatic rings. The number of nitrogens with one attached hydrogen (secondary N) is 2. The lowest BCUT2D eigenvalue weighted by atomic mass is 10.2. The van der Waals surface area contributed by atoms with Crippen LogP contribution in [-0.2, 0) is 17.9 Å². The van der Waals surface area contributed by atoms with E-state index in [9.17, 15) is 9.59 Å². The molecular formula is C22H23N3O3S. The van der Waals surface area contributed by atoms with Crippen molar-refractivity contribution in [2.24, 2.45) is 0 Å². The highest BCUT2D eigenvalue weighted by Gasteiger charge is 2.16. The summed E-state index contributed by atoms with van der Waals surface area (Å²) in [6.07, 6.45) is 0. The van der Waals surface area contributed by atoms with Gasteiger partial charge in [0.05, 0.1) is 10.7 Å². The molecule has 29 heavy (non-hydrogen) atoms. The molecule has 2 amide bonds. The van der Waals surface area contributed by atoms with Crippen molar-refractivity contribution in [1.29, 1.82) is 0 Å². The van der Waals surface area contributed by atoms with Gasteiger partial charge in [-0.15, -0.1) is 11.3 Å². The quantitative estimate of drug-likeness (QED) is 0.597. The molecule has 2 aromatic carbocycles. The van der Waals surface area contributed by atoms with Crippen molar-refractivity contribution in [3.8, 4) is 5.75 Å². The first-order chi connectivity index (χ1) is 14.0. The van der Waals surface area contributed by atoms with E-state index in [1.54, 1.807) is 42.5 Å². The number of benzene rings is 2. The summed E-state index contributed by atoms with van der Waals surface area (Å²) in [4.78, 5) is 29.1. The fraction of sp³-hybridized carbons (Fsp3) is 0.227. The average Bonchev–Trinajstić information content (AvgIpc) is 3.16. The lowest BCUT2D eigenvalue weighted by molar-refractivity contribution is -0.122. The van der Waals surface area contributed by atoms with Gasteiger partial charge in [-0.1, -0.05) is 36.4 Å². The molecule has 0 bridgehead atoms. The van der Waals surface area contributed by atoms with Crippen LogP contribution < -0.4 is 15.4 Å². The Balaban J connectivity index is 1.52. The molecule has 0 aliphatic carbocycles. The Bertz CT molecular complexity index is 972. The topological polar surface area (TPSA) is 80.3 Å². The molecule has 2 N–H and O–H groups in total. The van der Waals surface area contributed by atoms with E-state index in [-0.39, 0.29) is 11.8 Å². The van der Waals surface area contributed by atoms with Crippen molar-refractivity contribution in [2.45, 2.75) is 33.0 Å². The van der Waals surface area contributed by atoms with E-state index >= 15 is 0 Å². The van der Waals surface area contributed by atoms with Crippen LogP contribution in [0.15, 0.2) is 60.0 Å². The average molecular weight is 410 g/mol. The Kier molecular flexibility index (Phi) is 6.97. The molecular weight excluding hydrogens is 386 g/mol. The number of hydrogen-bond acceptors (Lipinski definition) is 5. The smallest absolute Gasteiger partial charge is 0.252 e. The van der Waals surface area contributed by atoms with Gasteiger partial charge in [-0.25, -0.2) is 4.98 Å². The molecule has 0 spiro atoms. The highest BCUT2D eigenvalue weighted by Crippen LogP contribution is 2.16. The molecule has 150 valence electrons. The van der Waals surface area contributed by atoms with Gasteiger partial charge in [0.25, 0.3) is 5.91 Å². The fourth-order valence-electron chi connectivity index (χ4n) is 2.64. The first-order valence-corrected chi connectivity index (χ1v) is 10.2. The van der Waals surface area contributed by atoms with Crippen LogP contribution in [0.25, 0.3) is 0 Å². The zero-order valence-corrected chi connectivity index (χ0v) is 17.2. The van der Waals surface area contributed by atoms with E-state index in [1.807, 2.05) is 42.6 Å². The zero-order chi connectivity index (χ0) is 20.6. The Labute approximate surface area is 173 Å². The van der Waals surface area contributed by atoms with E-state index in [0.717, 1.165) is 16.3 Å². The van der Waals surface area contributed by atoms with Gasteiger partial charge in [0.1, 0.15) is 18.4 Å². The van der Waals surface area contributed by atoms with Crippen molar-refractivity contribution in [3.63, 3.8) is 0 Å². The van der Waals surface area contributed by atoms with Gasteiger partial charge in [0.2, 0.25) is 5.91 Å². The van der Waals surface area contributed by atoms with E-state index < -0.39 is 6.04 Å². The second-order valence-electron chi connectivity index (χ2n) is 6.57. The first kappa shape index (κ1) is 20.5. The van der Waals surface area contributed by atoms with Crippen LogP contribution in [0.2, 0.25) is 0 Å². The second-order valence-corrected chi connectivity index (χ2v) is 7.64. The van der Waals surface area contributed by atoms with Gasteiger partial charge in [-0.3, -0.25) is 9.59 Å². The largest absolute Gasteiger partial charge is 0.487 e. The fourth-order valence-corrected chi connectivity index (χ4v) is 3.24. The third-order valence-corrected chi connectivity index (χ3v) is 5.02. The van der Waals surface area contributed by atoms with Gasteiger partial charge >= 0.3 is 0 Å². The molecule has 0 aliphatic heterocycles. The number of aryl methyl sites for hydroxylation is 1. The molecule has 1 atom stereocenters. The van der Waals surface area contributed by atoms with Crippen molar-refractivity contribution >= 4 is 23.2 Å². The van der Waals surface area contributed by atoms with Gasteiger partial charge in [0.15, 0.2) is 0 Å². The number of thiazole rings is 1. The predicted octanol–water partition coefficient (Wildman–Crippen LogP) is 3.47. The molecule has 0 fully saturated rings. The van der Waals surface area contributed by atoms with E-state index in [2.05, 4.69) is 15.6 Å². The molecule has 0 saturated carbocycles. The van der Waals surface area contributed by atoms with Crippen LogP contribution in [0.4, 0.5) is 0 Å². The maximum absolute atomic E-state index is 12.5. The normalized spacial score (nSPS) is 11.5. The molecule has 6 nitrogen and oxygen atoms in total. The number of hydrogen-bond donors (Lipinski definition) is 2. The van der Waals surface area contributed by atoms with Crippen LogP contribution >= 0.6 is 11.3 Å². The Hall–Kier alpha value is -3.19. The number of carbonyl (C=O) groups excluding carboxylic acids is 2. The SMILES string of the molecule is Cc1nc(COc2cccc(C(=O)NC(C)C(=O)NCc3ccccc3)c2)cs1. The monoisotopic (exact) mass is 409 g/mol. The molecule has 0 radical (unpaired) electrons. The molecule has 3 rings (SSSR count). The number of amides is 2. The van der Waals surface area contributed by atoms with Gasteiger partial charge < -0.3 is 15.4 Å². The molecule has 1 aromatic heterocycles. The Morgan fingerprint density at radius 2 is 1.93 bits per heavy atom. The third-order valence-electron chi connectivity index (χ3n) is 4.20. The number of ether oxygens (including phenoxy) is 1. The standard InChI is InChI=1S/C22H23N3O3S/c1-15(21(26)23-12-17-7-4-3-5-8-17)24-22(27)18-9-6-10-20(11-18)28-13-19-14-29-16(2)25-19/h3-11,14-15H,12-13H2,1-2H3,(H,23,26)(H,24,27). The summed E-state index contributed by atoms with van der Waals surface area (Å²) in [5.74, 6) is 0.000286. The maximum Gasteiger partial charge on any atom is 0.252 e. The summed E-state index contributed by atoms with van der Waals surface area (Å²) >= 11 is 1.57. The third kappa shape index (κ3) is 6.15. The summed E-state index contributed by atoms with van der Waals surface area (Å²) in [6, 6.07) is 15.8. The number of aromatic nitrogens is 1. The van der Waals surface area contributed by atoms with Crippen molar-refractivity contribution in [1.82, 2.24) is 15.6 Å². The minimum atomic E-state index is -0.659. The molecule has 0 aliphatic rings. The summed E-state index contributed by atoms with van der Waals surface area (Å²) in [5.41, 5.74) is 2.28. The van der Waals surface area contributed by atoms with Crippen LogP contribution in [0.3, 0.4) is 0 Å². The highest BCUT2D eigenvalue weighted by molar-refractivity contribution is 7.09. The second kappa shape index (κ2) is 9.84. The van der Waals surface area contributed by atoms with Gasteiger partial charge in [0, 0.05) is 17.5 Å². The van der Waals surface area contributed by atoms with Crippen LogP contribution in [-0.4, -0.2) is 22.8 Å². The lowest BCUT2D eigenvalue weighted by Crippen LogP contribution is -2.44. The minimum Gasteiger partial charge on any atom is -0.487 e. The maximum atomic E-state index is 12.5. The van der Waals surface area contributed by atoms with Gasteiger partial charge in [-0.2, -0.15) is 0 Å². The Morgan fingerprint density at radius 1 is 1.14 bits per heavy atom. The summed E-state index contributed by atoms with van der Waals surface area (Å²) < 4.78 is 5.72. The highest BCUT2D eigenvalue weighted by atomic mass is 32.1. The van der Waals surface area contributed by atoms with Crippen molar-refractivity contribution in [2.75, 3.05) is 0 Å². The minimum absolute atomic E-state index is 0.242. The summed E-state index contributed by atoms with van der Waals surface area (Å²) in [5, 5.41) is 8.47. The van der Waals surface area contributed by atoms with E-state index in [4.69, 9.17) is 4.74 Å². The van der Waals surface area contributed by atoms with Crippen LogP contribution in [0, 0.1) is 6.92 Å².